The van der Waals surface area contributed by atoms with E-state index in [1.54, 1.807) is 4.90 Å². The highest BCUT2D eigenvalue weighted by Gasteiger charge is 2.28. The summed E-state index contributed by atoms with van der Waals surface area (Å²) in [5.41, 5.74) is 9.22. The van der Waals surface area contributed by atoms with Gasteiger partial charge in [0.2, 0.25) is 0 Å². The van der Waals surface area contributed by atoms with Gasteiger partial charge in [0, 0.05) is 12.7 Å². The van der Waals surface area contributed by atoms with Crippen LogP contribution in [0, 0.1) is 0 Å². The van der Waals surface area contributed by atoms with Gasteiger partial charge in [-0.15, -0.1) is 0 Å². The van der Waals surface area contributed by atoms with Gasteiger partial charge in [-0.2, -0.15) is 0 Å². The average molecular weight is 253 g/mol. The molecule has 0 saturated heterocycles. The molecule has 4 heteroatoms. The molecule has 2 N–H and O–H groups in total. The lowest BCUT2D eigenvalue weighted by Crippen LogP contribution is -2.41. The van der Waals surface area contributed by atoms with Crippen molar-refractivity contribution in [3.8, 4) is 0 Å². The molecule has 0 spiro atoms. The third-order valence-corrected chi connectivity index (χ3v) is 3.28. The maximum atomic E-state index is 12.3. The fourth-order valence-electron chi connectivity index (χ4n) is 2.42. The number of hydrogen-bond acceptors (Lipinski definition) is 3. The van der Waals surface area contributed by atoms with Gasteiger partial charge >= 0.3 is 0 Å². The van der Waals surface area contributed by atoms with E-state index in [1.807, 2.05) is 60.5 Å². The average Bonchev–Trinajstić information content (AvgIpc) is 2.39. The van der Waals surface area contributed by atoms with E-state index in [0.717, 1.165) is 17.1 Å². The number of benzene rings is 2. The number of nitrogens with zero attached hydrogens (tertiary/aromatic N) is 2. The van der Waals surface area contributed by atoms with Crippen molar-refractivity contribution < 1.29 is 4.79 Å². The Balaban J connectivity index is 2.15. The van der Waals surface area contributed by atoms with Crippen LogP contribution in [0.3, 0.4) is 0 Å². The van der Waals surface area contributed by atoms with E-state index >= 15 is 0 Å². The van der Waals surface area contributed by atoms with Crippen molar-refractivity contribution in [2.45, 2.75) is 0 Å². The van der Waals surface area contributed by atoms with Gasteiger partial charge in [0.05, 0.1) is 23.6 Å². The Morgan fingerprint density at radius 3 is 2.53 bits per heavy atom. The van der Waals surface area contributed by atoms with Crippen LogP contribution in [0.15, 0.2) is 48.5 Å². The van der Waals surface area contributed by atoms with Gasteiger partial charge in [0.25, 0.3) is 5.91 Å². The van der Waals surface area contributed by atoms with Gasteiger partial charge < -0.3 is 10.6 Å². The summed E-state index contributed by atoms with van der Waals surface area (Å²) in [6.07, 6.45) is 0. The Hall–Kier alpha value is -2.49. The SMILES string of the molecule is CN1CC(=O)N(c2cccc(N)c2)c2ccccc21. The molecule has 0 radical (unpaired) electrons. The molecular weight excluding hydrogens is 238 g/mol. The van der Waals surface area contributed by atoms with Gasteiger partial charge in [-0.1, -0.05) is 18.2 Å². The van der Waals surface area contributed by atoms with Crippen molar-refractivity contribution in [2.75, 3.05) is 29.1 Å². The Morgan fingerprint density at radius 1 is 1.05 bits per heavy atom. The minimum absolute atomic E-state index is 0.0480. The zero-order chi connectivity index (χ0) is 13.4. The van der Waals surface area contributed by atoms with Crippen LogP contribution in [-0.4, -0.2) is 19.5 Å². The Kier molecular flexibility index (Phi) is 2.63. The second-order valence-electron chi connectivity index (χ2n) is 4.67. The van der Waals surface area contributed by atoms with Crippen molar-refractivity contribution in [3.05, 3.63) is 48.5 Å². The summed E-state index contributed by atoms with van der Waals surface area (Å²) in [4.78, 5) is 16.0. The summed E-state index contributed by atoms with van der Waals surface area (Å²) in [6, 6.07) is 15.3. The highest BCUT2D eigenvalue weighted by molar-refractivity contribution is 6.08. The number of fused-ring (bicyclic) bond motifs is 1. The first-order valence-electron chi connectivity index (χ1n) is 6.15. The van der Waals surface area contributed by atoms with Crippen LogP contribution in [0.5, 0.6) is 0 Å². The number of carbonyl (C=O) groups excluding carboxylic acids is 1. The number of amides is 1. The molecule has 0 saturated carbocycles. The maximum Gasteiger partial charge on any atom is 0.251 e. The molecule has 0 aliphatic carbocycles. The molecule has 0 bridgehead atoms. The topological polar surface area (TPSA) is 49.6 Å². The molecule has 0 aromatic heterocycles. The molecule has 2 aromatic rings. The number of nitrogen functional groups attached to an aromatic ring is 1. The summed E-state index contributed by atoms with van der Waals surface area (Å²) >= 11 is 0. The van der Waals surface area contributed by atoms with Crippen LogP contribution < -0.4 is 15.5 Å². The first-order chi connectivity index (χ1) is 9.16. The van der Waals surface area contributed by atoms with Crippen LogP contribution in [-0.2, 0) is 4.79 Å². The zero-order valence-electron chi connectivity index (χ0n) is 10.7. The summed E-state index contributed by atoms with van der Waals surface area (Å²) in [6.45, 7) is 0.367. The molecule has 0 atom stereocenters. The lowest BCUT2D eigenvalue weighted by atomic mass is 10.1. The quantitative estimate of drug-likeness (QED) is 0.794. The van der Waals surface area contributed by atoms with Crippen molar-refractivity contribution in [2.24, 2.45) is 0 Å². The molecule has 2 aromatic carbocycles. The van der Waals surface area contributed by atoms with Crippen molar-refractivity contribution >= 4 is 28.7 Å². The third kappa shape index (κ3) is 1.91. The fourth-order valence-corrected chi connectivity index (χ4v) is 2.42. The van der Waals surface area contributed by atoms with Gasteiger partial charge in [0.15, 0.2) is 0 Å². The van der Waals surface area contributed by atoms with E-state index < -0.39 is 0 Å². The minimum atomic E-state index is 0.0480. The van der Waals surface area contributed by atoms with Crippen molar-refractivity contribution in [3.63, 3.8) is 0 Å². The number of carbonyl (C=O) groups is 1. The second-order valence-corrected chi connectivity index (χ2v) is 4.67. The molecule has 0 fully saturated rings. The normalized spacial score (nSPS) is 14.5. The van der Waals surface area contributed by atoms with E-state index in [9.17, 15) is 4.79 Å². The summed E-state index contributed by atoms with van der Waals surface area (Å²) in [5, 5.41) is 0. The molecule has 19 heavy (non-hydrogen) atoms. The smallest absolute Gasteiger partial charge is 0.251 e. The molecule has 1 heterocycles. The highest BCUT2D eigenvalue weighted by Crippen LogP contribution is 2.37. The van der Waals surface area contributed by atoms with Gasteiger partial charge in [0.1, 0.15) is 0 Å². The molecule has 4 nitrogen and oxygen atoms in total. The van der Waals surface area contributed by atoms with E-state index in [1.165, 1.54) is 0 Å². The Morgan fingerprint density at radius 2 is 1.79 bits per heavy atom. The Bertz CT molecular complexity index is 639. The first-order valence-corrected chi connectivity index (χ1v) is 6.15. The lowest BCUT2D eigenvalue weighted by molar-refractivity contribution is -0.116. The van der Waals surface area contributed by atoms with Crippen LogP contribution in [0.4, 0.5) is 22.7 Å². The summed E-state index contributed by atoms with van der Waals surface area (Å²) < 4.78 is 0. The first kappa shape index (κ1) is 11.6. The molecule has 3 rings (SSSR count). The molecule has 1 aliphatic heterocycles. The third-order valence-electron chi connectivity index (χ3n) is 3.28. The number of para-hydroxylation sites is 2. The number of nitrogens with two attached hydrogens (primary N) is 1. The van der Waals surface area contributed by atoms with Crippen LogP contribution >= 0.6 is 0 Å². The number of likely N-dealkylation sites (N-methyl/N-ethyl adjacent to an activating group) is 1. The molecule has 0 unspecified atom stereocenters. The van der Waals surface area contributed by atoms with Crippen LogP contribution in [0.2, 0.25) is 0 Å². The monoisotopic (exact) mass is 253 g/mol. The summed E-state index contributed by atoms with van der Waals surface area (Å²) in [5.74, 6) is 0.0480. The van der Waals surface area contributed by atoms with Crippen molar-refractivity contribution in [1.82, 2.24) is 0 Å². The fraction of sp³-hybridized carbons (Fsp3) is 0.133. The predicted octanol–water partition coefficient (Wildman–Crippen LogP) is 2.38. The highest BCUT2D eigenvalue weighted by atomic mass is 16.2. The van der Waals surface area contributed by atoms with E-state index in [-0.39, 0.29) is 5.91 Å². The largest absolute Gasteiger partial charge is 0.399 e. The van der Waals surface area contributed by atoms with E-state index in [4.69, 9.17) is 5.73 Å². The maximum absolute atomic E-state index is 12.3. The molecular formula is C15H15N3O. The molecule has 1 aliphatic rings. The number of anilines is 4. The van der Waals surface area contributed by atoms with Crippen LogP contribution in [0.25, 0.3) is 0 Å². The van der Waals surface area contributed by atoms with Crippen molar-refractivity contribution in [1.29, 1.82) is 0 Å². The second kappa shape index (κ2) is 4.31. The summed E-state index contributed by atoms with van der Waals surface area (Å²) in [7, 11) is 1.92. The molecule has 96 valence electrons. The predicted molar refractivity (Wildman–Crippen MR) is 77.7 cm³/mol. The van der Waals surface area contributed by atoms with E-state index in [0.29, 0.717) is 12.2 Å². The number of hydrogen-bond donors (Lipinski definition) is 1. The lowest BCUT2D eigenvalue weighted by Gasteiger charge is -2.35. The Labute approximate surface area is 112 Å². The molecule has 1 amide bonds. The standard InChI is InChI=1S/C15H15N3O/c1-17-10-15(19)18(12-6-4-5-11(16)9-12)14-8-3-2-7-13(14)17/h2-9H,10,16H2,1H3. The number of rotatable bonds is 1. The zero-order valence-corrected chi connectivity index (χ0v) is 10.7. The minimum Gasteiger partial charge on any atom is -0.399 e. The van der Waals surface area contributed by atoms with E-state index in [2.05, 4.69) is 0 Å². The van der Waals surface area contributed by atoms with Gasteiger partial charge in [-0.05, 0) is 30.3 Å². The van der Waals surface area contributed by atoms with Crippen LogP contribution in [0.1, 0.15) is 0 Å². The van der Waals surface area contributed by atoms with Gasteiger partial charge in [-0.3, -0.25) is 9.69 Å². The van der Waals surface area contributed by atoms with Gasteiger partial charge in [-0.25, -0.2) is 0 Å².